The molecule has 1 aliphatic rings. The smallest absolute Gasteiger partial charge is 0.0244 e. The van der Waals surface area contributed by atoms with Crippen molar-refractivity contribution in [2.75, 3.05) is 13.1 Å². The lowest BCUT2D eigenvalue weighted by Crippen LogP contribution is -2.32. The third-order valence-corrected chi connectivity index (χ3v) is 4.22. The maximum atomic E-state index is 3.66. The molecule has 0 amide bonds. The van der Waals surface area contributed by atoms with Crippen LogP contribution in [-0.2, 0) is 6.54 Å². The quantitative estimate of drug-likeness (QED) is 0.792. The van der Waals surface area contributed by atoms with Crippen molar-refractivity contribution in [2.45, 2.75) is 33.2 Å². The van der Waals surface area contributed by atoms with Gasteiger partial charge in [-0.05, 0) is 56.0 Å². The first kappa shape index (κ1) is 12.1. The largest absolute Gasteiger partial charge is 0.299 e. The van der Waals surface area contributed by atoms with E-state index >= 15 is 0 Å². The minimum Gasteiger partial charge on any atom is -0.299 e. The van der Waals surface area contributed by atoms with Crippen LogP contribution in [-0.4, -0.2) is 18.0 Å². The fourth-order valence-corrected chi connectivity index (χ4v) is 2.86. The van der Waals surface area contributed by atoms with Gasteiger partial charge in [-0.1, -0.05) is 35.0 Å². The minimum atomic E-state index is 0.915. The maximum absolute atomic E-state index is 3.66. The van der Waals surface area contributed by atoms with Gasteiger partial charge in [-0.25, -0.2) is 0 Å². The molecule has 0 radical (unpaired) electrons. The summed E-state index contributed by atoms with van der Waals surface area (Å²) in [5, 5.41) is 0. The Hall–Kier alpha value is -0.340. The molecular formula is C14H20BrN. The minimum absolute atomic E-state index is 0.915. The van der Waals surface area contributed by atoms with Gasteiger partial charge in [0, 0.05) is 11.0 Å². The molecule has 1 aromatic carbocycles. The number of likely N-dealkylation sites (tertiary alicyclic amines) is 1. The Morgan fingerprint density at radius 3 is 2.62 bits per heavy atom. The molecule has 0 saturated carbocycles. The van der Waals surface area contributed by atoms with Gasteiger partial charge >= 0.3 is 0 Å². The zero-order valence-corrected chi connectivity index (χ0v) is 11.8. The van der Waals surface area contributed by atoms with Crippen molar-refractivity contribution in [2.24, 2.45) is 5.92 Å². The molecule has 0 unspecified atom stereocenters. The van der Waals surface area contributed by atoms with Gasteiger partial charge in [0.05, 0.1) is 0 Å². The second-order valence-electron chi connectivity index (χ2n) is 5.05. The van der Waals surface area contributed by atoms with E-state index in [0.29, 0.717) is 0 Å². The van der Waals surface area contributed by atoms with Crippen LogP contribution in [0.1, 0.15) is 30.9 Å². The van der Waals surface area contributed by atoms with Gasteiger partial charge in [-0.3, -0.25) is 4.90 Å². The van der Waals surface area contributed by atoms with Crippen molar-refractivity contribution >= 4 is 15.9 Å². The Labute approximate surface area is 107 Å². The number of rotatable bonds is 2. The summed E-state index contributed by atoms with van der Waals surface area (Å²) in [6, 6.07) is 6.66. The standard InChI is InChI=1S/C14H20BrN/c1-11-5-7-16(8-6-11)10-13-4-3-12(2)9-14(13)15/h3-4,9,11H,5-8,10H2,1-2H3. The van der Waals surface area contributed by atoms with Crippen LogP contribution in [0.25, 0.3) is 0 Å². The molecule has 0 aromatic heterocycles. The highest BCUT2D eigenvalue weighted by Gasteiger charge is 2.16. The molecule has 1 nitrogen and oxygen atoms in total. The second-order valence-corrected chi connectivity index (χ2v) is 5.91. The molecule has 2 heteroatoms. The highest BCUT2D eigenvalue weighted by molar-refractivity contribution is 9.10. The van der Waals surface area contributed by atoms with Crippen LogP contribution < -0.4 is 0 Å². The van der Waals surface area contributed by atoms with Gasteiger partial charge in [0.2, 0.25) is 0 Å². The maximum Gasteiger partial charge on any atom is 0.0244 e. The first-order chi connectivity index (χ1) is 7.65. The molecule has 0 aliphatic carbocycles. The van der Waals surface area contributed by atoms with Gasteiger partial charge < -0.3 is 0 Å². The van der Waals surface area contributed by atoms with Crippen molar-refractivity contribution in [3.8, 4) is 0 Å². The number of halogens is 1. The molecule has 1 fully saturated rings. The Bertz CT molecular complexity index is 354. The second kappa shape index (κ2) is 5.33. The molecule has 0 N–H and O–H groups in total. The summed E-state index contributed by atoms with van der Waals surface area (Å²) in [5.74, 6) is 0.915. The number of hydrogen-bond donors (Lipinski definition) is 0. The van der Waals surface area contributed by atoms with Crippen molar-refractivity contribution < 1.29 is 0 Å². The van der Waals surface area contributed by atoms with Crippen LogP contribution in [0.2, 0.25) is 0 Å². The lowest BCUT2D eigenvalue weighted by molar-refractivity contribution is 0.185. The Morgan fingerprint density at radius 1 is 1.31 bits per heavy atom. The number of piperidine rings is 1. The monoisotopic (exact) mass is 281 g/mol. The topological polar surface area (TPSA) is 3.24 Å². The fraction of sp³-hybridized carbons (Fsp3) is 0.571. The van der Waals surface area contributed by atoms with Crippen molar-refractivity contribution in [3.63, 3.8) is 0 Å². The molecule has 88 valence electrons. The molecule has 1 heterocycles. The predicted molar refractivity (Wildman–Crippen MR) is 72.6 cm³/mol. The first-order valence-electron chi connectivity index (χ1n) is 6.12. The summed E-state index contributed by atoms with van der Waals surface area (Å²) >= 11 is 3.66. The van der Waals surface area contributed by atoms with Crippen LogP contribution in [0, 0.1) is 12.8 Å². The molecule has 1 aromatic rings. The van der Waals surface area contributed by atoms with Crippen LogP contribution in [0.5, 0.6) is 0 Å². The van der Waals surface area contributed by atoms with E-state index in [-0.39, 0.29) is 0 Å². The number of benzene rings is 1. The molecule has 1 aliphatic heterocycles. The van der Waals surface area contributed by atoms with E-state index in [2.05, 4.69) is 52.9 Å². The highest BCUT2D eigenvalue weighted by atomic mass is 79.9. The molecule has 0 bridgehead atoms. The lowest BCUT2D eigenvalue weighted by atomic mass is 9.99. The predicted octanol–water partition coefficient (Wildman–Crippen LogP) is 3.99. The fourth-order valence-electron chi connectivity index (χ4n) is 2.24. The summed E-state index contributed by atoms with van der Waals surface area (Å²) in [4.78, 5) is 2.56. The average Bonchev–Trinajstić information content (AvgIpc) is 2.25. The number of aryl methyl sites for hydroxylation is 1. The van der Waals surface area contributed by atoms with E-state index in [4.69, 9.17) is 0 Å². The molecule has 0 atom stereocenters. The summed E-state index contributed by atoms with van der Waals surface area (Å²) in [6.07, 6.45) is 2.70. The molecule has 1 saturated heterocycles. The number of hydrogen-bond acceptors (Lipinski definition) is 1. The van der Waals surface area contributed by atoms with E-state index in [9.17, 15) is 0 Å². The summed E-state index contributed by atoms with van der Waals surface area (Å²) in [7, 11) is 0. The van der Waals surface area contributed by atoms with Crippen LogP contribution in [0.4, 0.5) is 0 Å². The average molecular weight is 282 g/mol. The molecular weight excluding hydrogens is 262 g/mol. The van der Waals surface area contributed by atoms with E-state index in [1.807, 2.05) is 0 Å². The molecule has 0 spiro atoms. The van der Waals surface area contributed by atoms with Crippen LogP contribution in [0.3, 0.4) is 0 Å². The first-order valence-corrected chi connectivity index (χ1v) is 6.92. The van der Waals surface area contributed by atoms with Crippen molar-refractivity contribution in [1.29, 1.82) is 0 Å². The highest BCUT2D eigenvalue weighted by Crippen LogP contribution is 2.23. The van der Waals surface area contributed by atoms with Gasteiger partial charge in [0.1, 0.15) is 0 Å². The SMILES string of the molecule is Cc1ccc(CN2CCC(C)CC2)c(Br)c1. The summed E-state index contributed by atoms with van der Waals surface area (Å²) in [5.41, 5.74) is 2.74. The molecule has 16 heavy (non-hydrogen) atoms. The van der Waals surface area contributed by atoms with Gasteiger partial charge in [-0.15, -0.1) is 0 Å². The van der Waals surface area contributed by atoms with Crippen molar-refractivity contribution in [1.82, 2.24) is 4.90 Å². The van der Waals surface area contributed by atoms with E-state index < -0.39 is 0 Å². The zero-order valence-electron chi connectivity index (χ0n) is 10.2. The summed E-state index contributed by atoms with van der Waals surface area (Å²) in [6.45, 7) is 8.09. The number of nitrogens with zero attached hydrogens (tertiary/aromatic N) is 1. The lowest BCUT2D eigenvalue weighted by Gasteiger charge is -2.30. The molecule has 2 rings (SSSR count). The van der Waals surface area contributed by atoms with E-state index in [1.165, 1.54) is 41.5 Å². The van der Waals surface area contributed by atoms with E-state index in [1.54, 1.807) is 0 Å². The normalized spacial score (nSPS) is 18.9. The van der Waals surface area contributed by atoms with Gasteiger partial charge in [-0.2, -0.15) is 0 Å². The Morgan fingerprint density at radius 2 is 2.00 bits per heavy atom. The van der Waals surface area contributed by atoms with Crippen LogP contribution >= 0.6 is 15.9 Å². The third kappa shape index (κ3) is 3.08. The third-order valence-electron chi connectivity index (χ3n) is 3.48. The van der Waals surface area contributed by atoms with E-state index in [0.717, 1.165) is 12.5 Å². The summed E-state index contributed by atoms with van der Waals surface area (Å²) < 4.78 is 1.26. The van der Waals surface area contributed by atoms with Crippen LogP contribution in [0.15, 0.2) is 22.7 Å². The Balaban J connectivity index is 1.98. The van der Waals surface area contributed by atoms with Crippen molar-refractivity contribution in [3.05, 3.63) is 33.8 Å². The van der Waals surface area contributed by atoms with Gasteiger partial charge in [0.15, 0.2) is 0 Å². The van der Waals surface area contributed by atoms with Gasteiger partial charge in [0.25, 0.3) is 0 Å². The zero-order chi connectivity index (χ0) is 11.5. The Kier molecular flexibility index (Phi) is 4.04.